The van der Waals surface area contributed by atoms with Crippen LogP contribution in [0.1, 0.15) is 11.1 Å². The summed E-state index contributed by atoms with van der Waals surface area (Å²) in [6.07, 6.45) is 3.87. The third-order valence-corrected chi connectivity index (χ3v) is 6.03. The van der Waals surface area contributed by atoms with E-state index in [9.17, 15) is 14.0 Å². The van der Waals surface area contributed by atoms with Gasteiger partial charge in [0, 0.05) is 39.0 Å². The van der Waals surface area contributed by atoms with E-state index in [0.29, 0.717) is 25.1 Å². The third-order valence-electron chi connectivity index (χ3n) is 6.03. The number of hydrogen-bond acceptors (Lipinski definition) is 4. The molecule has 0 saturated carbocycles. The lowest BCUT2D eigenvalue weighted by atomic mass is 9.93. The Hall–Kier alpha value is -3.74. The van der Waals surface area contributed by atoms with Gasteiger partial charge in [-0.1, -0.05) is 30.3 Å². The summed E-state index contributed by atoms with van der Waals surface area (Å²) in [4.78, 5) is 33.7. The fraction of sp³-hybridized carbons (Fsp3) is 0.269. The summed E-state index contributed by atoms with van der Waals surface area (Å²) in [5, 5.41) is 0. The van der Waals surface area contributed by atoms with Gasteiger partial charge in [0.1, 0.15) is 6.04 Å². The average Bonchev–Trinajstić information content (AvgIpc) is 2.83. The van der Waals surface area contributed by atoms with Crippen LogP contribution in [0.25, 0.3) is 11.1 Å². The van der Waals surface area contributed by atoms with E-state index in [4.69, 9.17) is 4.74 Å². The number of halogens is 1. The number of methoxy groups -OCH3 is 1. The van der Waals surface area contributed by atoms with Crippen LogP contribution in [0.4, 0.5) is 4.39 Å². The molecule has 2 heterocycles. The Morgan fingerprint density at radius 1 is 1.12 bits per heavy atom. The second-order valence-electron chi connectivity index (χ2n) is 8.11. The highest BCUT2D eigenvalue weighted by Crippen LogP contribution is 2.27. The van der Waals surface area contributed by atoms with Crippen molar-refractivity contribution in [3.05, 3.63) is 83.9 Å². The maximum Gasteiger partial charge on any atom is 0.245 e. The summed E-state index contributed by atoms with van der Waals surface area (Å²) in [7, 11) is 3.15. The van der Waals surface area contributed by atoms with Crippen molar-refractivity contribution in [1.29, 1.82) is 0 Å². The fourth-order valence-electron chi connectivity index (χ4n) is 4.22. The fourth-order valence-corrected chi connectivity index (χ4v) is 4.22. The van der Waals surface area contributed by atoms with Crippen molar-refractivity contribution in [2.24, 2.45) is 0 Å². The maximum atomic E-state index is 14.1. The highest BCUT2D eigenvalue weighted by molar-refractivity contribution is 5.90. The molecule has 7 heteroatoms. The maximum absolute atomic E-state index is 14.1. The molecule has 170 valence electrons. The number of carbonyl (C=O) groups is 2. The molecule has 1 aliphatic heterocycles. The molecule has 4 rings (SSSR count). The number of carbonyl (C=O) groups excluding carboxylic acids is 2. The number of benzene rings is 2. The van der Waals surface area contributed by atoms with Crippen LogP contribution in [-0.2, 0) is 22.4 Å². The molecule has 3 aromatic rings. The molecule has 0 bridgehead atoms. The number of hydrogen-bond donors (Lipinski definition) is 0. The molecule has 0 aliphatic carbocycles. The van der Waals surface area contributed by atoms with Crippen LogP contribution in [0.15, 0.2) is 67.0 Å². The first kappa shape index (κ1) is 22.5. The molecule has 1 aliphatic rings. The minimum absolute atomic E-state index is 0.0143. The molecule has 33 heavy (non-hydrogen) atoms. The van der Waals surface area contributed by atoms with Gasteiger partial charge in [0.25, 0.3) is 0 Å². The summed E-state index contributed by atoms with van der Waals surface area (Å²) >= 11 is 0. The number of ether oxygens (including phenoxy) is 1. The summed E-state index contributed by atoms with van der Waals surface area (Å²) in [6.45, 7) is 0.895. The van der Waals surface area contributed by atoms with Crippen LogP contribution in [0.2, 0.25) is 0 Å². The van der Waals surface area contributed by atoms with Crippen LogP contribution < -0.4 is 4.74 Å². The Balaban J connectivity index is 1.60. The van der Waals surface area contributed by atoms with Gasteiger partial charge in [-0.15, -0.1) is 0 Å². The number of piperazine rings is 1. The zero-order valence-electron chi connectivity index (χ0n) is 18.7. The third kappa shape index (κ3) is 4.87. The molecule has 0 N–H and O–H groups in total. The molecule has 2 aromatic carbocycles. The monoisotopic (exact) mass is 447 g/mol. The van der Waals surface area contributed by atoms with Gasteiger partial charge in [-0.05, 0) is 46.5 Å². The van der Waals surface area contributed by atoms with Crippen molar-refractivity contribution in [3.8, 4) is 16.9 Å². The topological polar surface area (TPSA) is 62.7 Å². The number of amides is 2. The van der Waals surface area contributed by atoms with Crippen molar-refractivity contribution >= 4 is 11.8 Å². The second kappa shape index (κ2) is 9.81. The second-order valence-corrected chi connectivity index (χ2v) is 8.11. The van der Waals surface area contributed by atoms with E-state index >= 15 is 0 Å². The van der Waals surface area contributed by atoms with Gasteiger partial charge in [0.05, 0.1) is 13.5 Å². The summed E-state index contributed by atoms with van der Waals surface area (Å²) in [5.41, 5.74) is 3.53. The smallest absolute Gasteiger partial charge is 0.245 e. The Labute approximate surface area is 192 Å². The summed E-state index contributed by atoms with van der Waals surface area (Å²) in [6, 6.07) is 15.6. The van der Waals surface area contributed by atoms with Crippen LogP contribution >= 0.6 is 0 Å². The molecule has 1 saturated heterocycles. The van der Waals surface area contributed by atoms with Gasteiger partial charge in [0.15, 0.2) is 11.6 Å². The SMILES string of the molecule is COc1ccc(CC(=O)N2CCN(C)C(=O)[C@@H]2Cc2ccccc2-c2ccncc2)cc1F. The molecule has 1 atom stereocenters. The molecule has 6 nitrogen and oxygen atoms in total. The Kier molecular flexibility index (Phi) is 6.68. The van der Waals surface area contributed by atoms with Crippen LogP contribution in [0.3, 0.4) is 0 Å². The first-order valence-electron chi connectivity index (χ1n) is 10.8. The van der Waals surface area contributed by atoms with Crippen LogP contribution in [-0.4, -0.2) is 59.9 Å². The average molecular weight is 448 g/mol. The highest BCUT2D eigenvalue weighted by Gasteiger charge is 2.36. The van der Waals surface area contributed by atoms with E-state index in [1.54, 1.807) is 35.3 Å². The number of nitrogens with zero attached hydrogens (tertiary/aromatic N) is 3. The summed E-state index contributed by atoms with van der Waals surface area (Å²) in [5.74, 6) is -0.681. The standard InChI is InChI=1S/C26H26FN3O3/c1-29-13-14-30(25(31)16-18-7-8-24(33-2)22(27)15-18)23(26(29)32)17-20-5-3-4-6-21(20)19-9-11-28-12-10-19/h3-12,15,23H,13-14,16-17H2,1-2H3/t23-/m0/s1. The van der Waals surface area contributed by atoms with Crippen molar-refractivity contribution in [1.82, 2.24) is 14.8 Å². The van der Waals surface area contributed by atoms with Crippen molar-refractivity contribution in [2.45, 2.75) is 18.9 Å². The lowest BCUT2D eigenvalue weighted by molar-refractivity contribution is -0.149. The number of pyridine rings is 1. The Bertz CT molecular complexity index is 1150. The van der Waals surface area contributed by atoms with Gasteiger partial charge in [-0.2, -0.15) is 0 Å². The predicted octanol–water partition coefficient (Wildman–Crippen LogP) is 3.35. The van der Waals surface area contributed by atoms with E-state index in [1.807, 2.05) is 36.4 Å². The van der Waals surface area contributed by atoms with Gasteiger partial charge in [0.2, 0.25) is 11.8 Å². The number of rotatable bonds is 6. The van der Waals surface area contributed by atoms with E-state index in [-0.39, 0.29) is 24.0 Å². The van der Waals surface area contributed by atoms with Crippen molar-refractivity contribution < 1.29 is 18.7 Å². The van der Waals surface area contributed by atoms with Gasteiger partial charge in [-0.25, -0.2) is 4.39 Å². The first-order valence-corrected chi connectivity index (χ1v) is 10.8. The minimum atomic E-state index is -0.623. The number of aromatic nitrogens is 1. The molecule has 0 unspecified atom stereocenters. The minimum Gasteiger partial charge on any atom is -0.494 e. The lowest BCUT2D eigenvalue weighted by Gasteiger charge is -2.39. The molecular weight excluding hydrogens is 421 g/mol. The first-order chi connectivity index (χ1) is 16.0. The van der Waals surface area contributed by atoms with E-state index in [2.05, 4.69) is 4.98 Å². The molecule has 0 spiro atoms. The lowest BCUT2D eigenvalue weighted by Crippen LogP contribution is -2.58. The normalized spacial score (nSPS) is 16.1. The Morgan fingerprint density at radius 3 is 2.61 bits per heavy atom. The van der Waals surface area contributed by atoms with Gasteiger partial charge in [-0.3, -0.25) is 14.6 Å². The quantitative estimate of drug-likeness (QED) is 0.582. The van der Waals surface area contributed by atoms with E-state index < -0.39 is 11.9 Å². The van der Waals surface area contributed by atoms with Crippen LogP contribution in [0.5, 0.6) is 5.75 Å². The van der Waals surface area contributed by atoms with E-state index in [1.165, 1.54) is 19.2 Å². The zero-order chi connectivity index (χ0) is 23.4. The van der Waals surface area contributed by atoms with Crippen molar-refractivity contribution in [2.75, 3.05) is 27.2 Å². The predicted molar refractivity (Wildman–Crippen MR) is 123 cm³/mol. The number of likely N-dealkylation sites (N-methyl/N-ethyl adjacent to an activating group) is 1. The largest absolute Gasteiger partial charge is 0.494 e. The molecule has 2 amide bonds. The zero-order valence-corrected chi connectivity index (χ0v) is 18.7. The van der Waals surface area contributed by atoms with E-state index in [0.717, 1.165) is 16.7 Å². The van der Waals surface area contributed by atoms with Crippen LogP contribution in [0, 0.1) is 5.82 Å². The van der Waals surface area contributed by atoms with Gasteiger partial charge >= 0.3 is 0 Å². The highest BCUT2D eigenvalue weighted by atomic mass is 19.1. The van der Waals surface area contributed by atoms with Gasteiger partial charge < -0.3 is 14.5 Å². The molecule has 1 fully saturated rings. The van der Waals surface area contributed by atoms with Crippen molar-refractivity contribution in [3.63, 3.8) is 0 Å². The molecule has 1 aromatic heterocycles. The Morgan fingerprint density at radius 2 is 1.88 bits per heavy atom. The molecule has 0 radical (unpaired) electrons. The molecular formula is C26H26FN3O3. The summed E-state index contributed by atoms with van der Waals surface area (Å²) < 4.78 is 19.1.